The summed E-state index contributed by atoms with van der Waals surface area (Å²) in [6, 6.07) is 11.8. The smallest absolute Gasteiger partial charge is 0.267 e. The van der Waals surface area contributed by atoms with Crippen LogP contribution in [0.15, 0.2) is 47.6 Å². The van der Waals surface area contributed by atoms with Gasteiger partial charge in [-0.15, -0.1) is 0 Å². The topological polar surface area (TPSA) is 41.5 Å². The van der Waals surface area contributed by atoms with Crippen molar-refractivity contribution < 1.29 is 9.18 Å². The van der Waals surface area contributed by atoms with Gasteiger partial charge >= 0.3 is 0 Å². The first-order valence-electron chi connectivity index (χ1n) is 6.66. The molecule has 21 heavy (non-hydrogen) atoms. The van der Waals surface area contributed by atoms with Crippen molar-refractivity contribution >= 4 is 11.6 Å². The molecule has 0 aromatic heterocycles. The van der Waals surface area contributed by atoms with E-state index >= 15 is 0 Å². The van der Waals surface area contributed by atoms with Crippen molar-refractivity contribution in [2.24, 2.45) is 5.10 Å². The summed E-state index contributed by atoms with van der Waals surface area (Å²) in [4.78, 5) is 11.9. The highest BCUT2D eigenvalue weighted by Gasteiger charge is 2.10. The molecule has 0 unspecified atom stereocenters. The minimum atomic E-state index is -0.561. The van der Waals surface area contributed by atoms with Crippen molar-refractivity contribution in [3.8, 4) is 0 Å². The maximum absolute atomic E-state index is 13.5. The van der Waals surface area contributed by atoms with Gasteiger partial charge in [0.1, 0.15) is 5.82 Å². The number of carbonyl (C=O) groups excluding carboxylic acids is 1. The molecule has 0 atom stereocenters. The van der Waals surface area contributed by atoms with Gasteiger partial charge in [0.15, 0.2) is 0 Å². The minimum absolute atomic E-state index is 0.0188. The van der Waals surface area contributed by atoms with Gasteiger partial charge in [-0.3, -0.25) is 4.79 Å². The number of carbonyl (C=O) groups is 1. The second kappa shape index (κ2) is 6.31. The molecule has 0 bridgehead atoms. The van der Waals surface area contributed by atoms with Gasteiger partial charge in [0, 0.05) is 5.56 Å². The van der Waals surface area contributed by atoms with Crippen molar-refractivity contribution in [2.75, 3.05) is 0 Å². The van der Waals surface area contributed by atoms with E-state index in [0.717, 1.165) is 11.1 Å². The molecule has 0 saturated carbocycles. The monoisotopic (exact) mass is 284 g/mol. The second-order valence-electron chi connectivity index (χ2n) is 4.94. The van der Waals surface area contributed by atoms with Gasteiger partial charge in [0.2, 0.25) is 0 Å². The van der Waals surface area contributed by atoms with Gasteiger partial charge in [0.25, 0.3) is 5.91 Å². The molecule has 1 amide bonds. The lowest BCUT2D eigenvalue weighted by atomic mass is 10.0. The van der Waals surface area contributed by atoms with Gasteiger partial charge < -0.3 is 0 Å². The van der Waals surface area contributed by atoms with E-state index in [2.05, 4.69) is 10.5 Å². The van der Waals surface area contributed by atoms with E-state index in [1.165, 1.54) is 23.8 Å². The van der Waals surface area contributed by atoms with Crippen molar-refractivity contribution in [3.05, 3.63) is 70.5 Å². The first kappa shape index (κ1) is 14.9. The van der Waals surface area contributed by atoms with E-state index in [1.54, 1.807) is 13.0 Å². The zero-order valence-electron chi connectivity index (χ0n) is 12.3. The molecule has 0 heterocycles. The normalized spacial score (nSPS) is 11.3. The number of hydrogen-bond acceptors (Lipinski definition) is 2. The lowest BCUT2D eigenvalue weighted by Crippen LogP contribution is -2.20. The molecule has 1 N–H and O–H groups in total. The molecule has 0 saturated heterocycles. The predicted octanol–water partition coefficient (Wildman–Crippen LogP) is 3.60. The fraction of sp³-hybridized carbons (Fsp3) is 0.176. The molecule has 0 radical (unpaired) electrons. The Balaban J connectivity index is 2.17. The largest absolute Gasteiger partial charge is 0.274 e. The Labute approximate surface area is 123 Å². The number of benzene rings is 2. The summed E-state index contributed by atoms with van der Waals surface area (Å²) < 4.78 is 13.5. The Morgan fingerprint density at radius 2 is 1.81 bits per heavy atom. The van der Waals surface area contributed by atoms with Crippen molar-refractivity contribution in [1.29, 1.82) is 0 Å². The lowest BCUT2D eigenvalue weighted by molar-refractivity contribution is 0.0951. The fourth-order valence-electron chi connectivity index (χ4n) is 2.12. The predicted molar refractivity (Wildman–Crippen MR) is 82.0 cm³/mol. The molecule has 0 spiro atoms. The van der Waals surface area contributed by atoms with Crippen LogP contribution in [0.5, 0.6) is 0 Å². The Morgan fingerprint density at radius 3 is 2.48 bits per heavy atom. The van der Waals surface area contributed by atoms with E-state index < -0.39 is 11.7 Å². The zero-order valence-corrected chi connectivity index (χ0v) is 12.3. The summed E-state index contributed by atoms with van der Waals surface area (Å²) in [7, 11) is 0. The van der Waals surface area contributed by atoms with Crippen LogP contribution in [-0.2, 0) is 0 Å². The van der Waals surface area contributed by atoms with Gasteiger partial charge in [-0.25, -0.2) is 9.82 Å². The number of aryl methyl sites for hydroxylation is 2. The van der Waals surface area contributed by atoms with E-state index in [-0.39, 0.29) is 5.56 Å². The van der Waals surface area contributed by atoms with Crippen molar-refractivity contribution in [2.45, 2.75) is 20.8 Å². The summed E-state index contributed by atoms with van der Waals surface area (Å²) in [5.41, 5.74) is 6.25. The number of amides is 1. The minimum Gasteiger partial charge on any atom is -0.267 e. The maximum atomic E-state index is 13.5. The third kappa shape index (κ3) is 3.54. The van der Waals surface area contributed by atoms with Crippen molar-refractivity contribution in [3.63, 3.8) is 0 Å². The molecule has 2 rings (SSSR count). The van der Waals surface area contributed by atoms with Crippen LogP contribution in [0.3, 0.4) is 0 Å². The molecule has 4 heteroatoms. The number of halogens is 1. The molecule has 0 fully saturated rings. The van der Waals surface area contributed by atoms with Gasteiger partial charge in [-0.05, 0) is 38.5 Å². The molecule has 108 valence electrons. The second-order valence-corrected chi connectivity index (χ2v) is 4.94. The number of nitrogens with zero attached hydrogens (tertiary/aromatic N) is 1. The molecule has 2 aromatic rings. The SMILES string of the molecule is C/C(=N/NC(=O)c1ccccc1F)c1ccc(C)cc1C. The van der Waals surface area contributed by atoms with Crippen LogP contribution < -0.4 is 5.43 Å². The average molecular weight is 284 g/mol. The standard InChI is InChI=1S/C17H17FN2O/c1-11-8-9-14(12(2)10-11)13(3)19-20-17(21)15-6-4-5-7-16(15)18/h4-10H,1-3H3,(H,20,21)/b19-13-. The Kier molecular flexibility index (Phi) is 4.48. The summed E-state index contributed by atoms with van der Waals surface area (Å²) in [6.45, 7) is 5.81. The molecule has 0 aliphatic rings. The third-order valence-corrected chi connectivity index (χ3v) is 3.22. The molecular formula is C17H17FN2O. The Bertz CT molecular complexity index is 708. The van der Waals surface area contributed by atoms with Gasteiger partial charge in [-0.1, -0.05) is 35.9 Å². The van der Waals surface area contributed by atoms with Gasteiger partial charge in [-0.2, -0.15) is 5.10 Å². The number of hydrazone groups is 1. The highest BCUT2D eigenvalue weighted by atomic mass is 19.1. The number of hydrogen-bond donors (Lipinski definition) is 1. The summed E-state index contributed by atoms with van der Waals surface area (Å²) in [5.74, 6) is -1.12. The highest BCUT2D eigenvalue weighted by Crippen LogP contribution is 2.12. The highest BCUT2D eigenvalue weighted by molar-refractivity contribution is 6.01. The summed E-state index contributed by atoms with van der Waals surface area (Å²) in [5, 5.41) is 4.05. The number of nitrogens with one attached hydrogen (secondary N) is 1. The molecule has 2 aromatic carbocycles. The van der Waals surface area contributed by atoms with Crippen molar-refractivity contribution in [1.82, 2.24) is 5.43 Å². The lowest BCUT2D eigenvalue weighted by Gasteiger charge is -2.07. The number of rotatable bonds is 3. The van der Waals surface area contributed by atoms with Crippen LogP contribution in [0, 0.1) is 19.7 Å². The van der Waals surface area contributed by atoms with Crippen LogP contribution in [0.1, 0.15) is 34.0 Å². The fourth-order valence-corrected chi connectivity index (χ4v) is 2.12. The first-order valence-corrected chi connectivity index (χ1v) is 6.66. The molecule has 0 aliphatic heterocycles. The molecule has 3 nitrogen and oxygen atoms in total. The average Bonchev–Trinajstić information content (AvgIpc) is 2.45. The van der Waals surface area contributed by atoms with E-state index in [0.29, 0.717) is 5.71 Å². The first-order chi connectivity index (χ1) is 9.99. The summed E-state index contributed by atoms with van der Waals surface area (Å²) >= 11 is 0. The van der Waals surface area contributed by atoms with E-state index in [9.17, 15) is 9.18 Å². The zero-order chi connectivity index (χ0) is 15.4. The van der Waals surface area contributed by atoms with Crippen LogP contribution in [0.4, 0.5) is 4.39 Å². The molecular weight excluding hydrogens is 267 g/mol. The Hall–Kier alpha value is -2.49. The van der Waals surface area contributed by atoms with E-state index in [4.69, 9.17) is 0 Å². The van der Waals surface area contributed by atoms with Crippen LogP contribution in [0.2, 0.25) is 0 Å². The van der Waals surface area contributed by atoms with Crippen LogP contribution >= 0.6 is 0 Å². The molecule has 0 aliphatic carbocycles. The maximum Gasteiger partial charge on any atom is 0.274 e. The summed E-state index contributed by atoms with van der Waals surface area (Å²) in [6.07, 6.45) is 0. The Morgan fingerprint density at radius 1 is 1.10 bits per heavy atom. The van der Waals surface area contributed by atoms with E-state index in [1.807, 2.05) is 32.0 Å². The third-order valence-electron chi connectivity index (χ3n) is 3.22. The quantitative estimate of drug-likeness (QED) is 0.679. The van der Waals surface area contributed by atoms with Crippen LogP contribution in [0.25, 0.3) is 0 Å². The van der Waals surface area contributed by atoms with Gasteiger partial charge in [0.05, 0.1) is 11.3 Å². The van der Waals surface area contributed by atoms with Crippen LogP contribution in [-0.4, -0.2) is 11.6 Å².